The number of amides is 1. The molecule has 1 N–H and O–H groups in total. The number of aromatic nitrogens is 2. The van der Waals surface area contributed by atoms with Crippen molar-refractivity contribution in [3.05, 3.63) is 72.2 Å². The Bertz CT molecular complexity index is 842. The molecule has 2 aromatic heterocycles. The number of rotatable bonds is 6. The average Bonchev–Trinajstić information content (AvgIpc) is 2.68. The van der Waals surface area contributed by atoms with Crippen molar-refractivity contribution in [2.75, 3.05) is 6.61 Å². The van der Waals surface area contributed by atoms with Crippen molar-refractivity contribution >= 4 is 16.8 Å². The Morgan fingerprint density at radius 2 is 1.88 bits per heavy atom. The molecule has 3 aromatic rings. The maximum atomic E-state index is 13.3. The molecule has 0 saturated carbocycles. The summed E-state index contributed by atoms with van der Waals surface area (Å²) in [4.78, 5) is 23.6. The van der Waals surface area contributed by atoms with Gasteiger partial charge in [0, 0.05) is 17.8 Å². The first-order valence-corrected chi connectivity index (χ1v) is 8.40. The largest absolute Gasteiger partial charge is 0.394 e. The normalized spacial score (nSPS) is 12.1. The second-order valence-corrected chi connectivity index (χ2v) is 5.88. The molecule has 128 valence electrons. The molecule has 5 heteroatoms. The van der Waals surface area contributed by atoms with Gasteiger partial charge in [-0.3, -0.25) is 14.8 Å². The molecule has 25 heavy (non-hydrogen) atoms. The predicted molar refractivity (Wildman–Crippen MR) is 97.0 cm³/mol. The van der Waals surface area contributed by atoms with Crippen LogP contribution in [0.15, 0.2) is 60.9 Å². The van der Waals surface area contributed by atoms with Crippen molar-refractivity contribution in [2.45, 2.75) is 25.9 Å². The van der Waals surface area contributed by atoms with Gasteiger partial charge in [0.1, 0.15) is 0 Å². The number of nitrogens with zero attached hydrogens (tertiary/aromatic N) is 3. The molecule has 0 radical (unpaired) electrons. The minimum Gasteiger partial charge on any atom is -0.394 e. The van der Waals surface area contributed by atoms with E-state index in [1.807, 2.05) is 49.4 Å². The van der Waals surface area contributed by atoms with Crippen LogP contribution in [0.25, 0.3) is 10.9 Å². The topological polar surface area (TPSA) is 66.3 Å². The van der Waals surface area contributed by atoms with Crippen LogP contribution < -0.4 is 0 Å². The Kier molecular flexibility index (Phi) is 5.36. The van der Waals surface area contributed by atoms with Crippen LogP contribution in [-0.2, 0) is 6.54 Å². The van der Waals surface area contributed by atoms with Crippen molar-refractivity contribution in [3.63, 3.8) is 0 Å². The molecule has 0 aliphatic rings. The first-order valence-electron chi connectivity index (χ1n) is 8.40. The van der Waals surface area contributed by atoms with Crippen LogP contribution in [0.3, 0.4) is 0 Å². The molecule has 1 atom stereocenters. The predicted octanol–water partition coefficient (Wildman–Crippen LogP) is 3.04. The number of pyridine rings is 2. The molecule has 0 bridgehead atoms. The lowest BCUT2D eigenvalue weighted by Crippen LogP contribution is -2.42. The van der Waals surface area contributed by atoms with Crippen LogP contribution in [0.1, 0.15) is 29.4 Å². The zero-order valence-electron chi connectivity index (χ0n) is 14.2. The van der Waals surface area contributed by atoms with Gasteiger partial charge in [-0.1, -0.05) is 31.2 Å². The van der Waals surface area contributed by atoms with Crippen molar-refractivity contribution in [2.24, 2.45) is 0 Å². The number of hydrogen-bond acceptors (Lipinski definition) is 4. The van der Waals surface area contributed by atoms with E-state index in [9.17, 15) is 9.90 Å². The number of benzene rings is 1. The second-order valence-electron chi connectivity index (χ2n) is 5.88. The minimum absolute atomic E-state index is 0.0900. The summed E-state index contributed by atoms with van der Waals surface area (Å²) in [6.07, 6.45) is 4.05. The van der Waals surface area contributed by atoms with E-state index < -0.39 is 0 Å². The highest BCUT2D eigenvalue weighted by Gasteiger charge is 2.25. The first-order chi connectivity index (χ1) is 12.2. The van der Waals surface area contributed by atoms with Crippen molar-refractivity contribution in [3.8, 4) is 0 Å². The van der Waals surface area contributed by atoms with Crippen LogP contribution in [0.4, 0.5) is 0 Å². The number of fused-ring (bicyclic) bond motifs is 1. The molecular formula is C20H21N3O2. The molecule has 0 saturated heterocycles. The van der Waals surface area contributed by atoms with E-state index in [1.54, 1.807) is 23.4 Å². The summed E-state index contributed by atoms with van der Waals surface area (Å²) in [6.45, 7) is 2.22. The maximum absolute atomic E-state index is 13.3. The SMILES string of the molecule is CCC(CO)N(Cc1ccccn1)C(=O)c1cccc2cccnc12. The Morgan fingerprint density at radius 3 is 2.60 bits per heavy atom. The van der Waals surface area contributed by atoms with Gasteiger partial charge >= 0.3 is 0 Å². The van der Waals surface area contributed by atoms with Gasteiger partial charge in [-0.25, -0.2) is 0 Å². The zero-order valence-corrected chi connectivity index (χ0v) is 14.2. The summed E-state index contributed by atoms with van der Waals surface area (Å²) in [6, 6.07) is 14.7. The lowest BCUT2D eigenvalue weighted by atomic mass is 10.1. The van der Waals surface area contributed by atoms with Crippen LogP contribution in [0, 0.1) is 0 Å². The Labute approximate surface area is 147 Å². The van der Waals surface area contributed by atoms with Gasteiger partial charge in [0.25, 0.3) is 5.91 Å². The first kappa shape index (κ1) is 17.0. The summed E-state index contributed by atoms with van der Waals surface area (Å²) >= 11 is 0. The van der Waals surface area contributed by atoms with Crippen molar-refractivity contribution in [1.82, 2.24) is 14.9 Å². The number of aliphatic hydroxyl groups is 1. The van der Waals surface area contributed by atoms with Crippen LogP contribution in [0.5, 0.6) is 0 Å². The molecule has 3 rings (SSSR count). The van der Waals surface area contributed by atoms with Gasteiger partial charge in [-0.2, -0.15) is 0 Å². The summed E-state index contributed by atoms with van der Waals surface area (Å²) in [5, 5.41) is 10.7. The van der Waals surface area contributed by atoms with Crippen molar-refractivity contribution < 1.29 is 9.90 Å². The fourth-order valence-corrected chi connectivity index (χ4v) is 2.91. The van der Waals surface area contributed by atoms with Gasteiger partial charge in [0.2, 0.25) is 0 Å². The monoisotopic (exact) mass is 335 g/mol. The number of carbonyl (C=O) groups is 1. The van der Waals surface area contributed by atoms with E-state index in [2.05, 4.69) is 9.97 Å². The molecule has 0 aliphatic carbocycles. The Hall–Kier alpha value is -2.79. The Balaban J connectivity index is 2.01. The third-order valence-corrected chi connectivity index (χ3v) is 4.31. The van der Waals surface area contributed by atoms with Gasteiger partial charge in [-0.05, 0) is 30.7 Å². The minimum atomic E-state index is -0.270. The fourth-order valence-electron chi connectivity index (χ4n) is 2.91. The zero-order chi connectivity index (χ0) is 17.6. The number of para-hydroxylation sites is 1. The summed E-state index contributed by atoms with van der Waals surface area (Å²) in [7, 11) is 0. The number of aliphatic hydroxyl groups excluding tert-OH is 1. The molecule has 0 spiro atoms. The molecule has 2 heterocycles. The van der Waals surface area contributed by atoms with E-state index in [0.29, 0.717) is 24.0 Å². The fraction of sp³-hybridized carbons (Fsp3) is 0.250. The highest BCUT2D eigenvalue weighted by Crippen LogP contribution is 2.20. The van der Waals surface area contributed by atoms with E-state index in [0.717, 1.165) is 11.1 Å². The van der Waals surface area contributed by atoms with Gasteiger partial charge in [0.05, 0.1) is 36.0 Å². The molecule has 0 fully saturated rings. The van der Waals surface area contributed by atoms with Crippen molar-refractivity contribution in [1.29, 1.82) is 0 Å². The van der Waals surface area contributed by atoms with Crippen LogP contribution in [0.2, 0.25) is 0 Å². The third kappa shape index (κ3) is 3.67. The van der Waals surface area contributed by atoms with E-state index in [1.165, 1.54) is 0 Å². The molecule has 1 unspecified atom stereocenters. The van der Waals surface area contributed by atoms with Crippen LogP contribution >= 0.6 is 0 Å². The number of carbonyl (C=O) groups excluding carboxylic acids is 1. The van der Waals surface area contributed by atoms with Gasteiger partial charge in [0.15, 0.2) is 0 Å². The van der Waals surface area contributed by atoms with Crippen LogP contribution in [-0.4, -0.2) is 38.5 Å². The highest BCUT2D eigenvalue weighted by atomic mass is 16.3. The number of hydrogen-bond donors (Lipinski definition) is 1. The molecule has 1 amide bonds. The second kappa shape index (κ2) is 7.85. The Morgan fingerprint density at radius 1 is 1.08 bits per heavy atom. The highest BCUT2D eigenvalue weighted by molar-refractivity contribution is 6.05. The molecule has 5 nitrogen and oxygen atoms in total. The molecule has 0 aliphatic heterocycles. The summed E-state index contributed by atoms with van der Waals surface area (Å²) in [5.74, 6) is -0.143. The lowest BCUT2D eigenvalue weighted by molar-refractivity contribution is 0.0562. The molecule has 1 aromatic carbocycles. The average molecular weight is 335 g/mol. The third-order valence-electron chi connectivity index (χ3n) is 4.31. The van der Waals surface area contributed by atoms with Gasteiger partial charge in [-0.15, -0.1) is 0 Å². The van der Waals surface area contributed by atoms with Gasteiger partial charge < -0.3 is 10.0 Å². The van der Waals surface area contributed by atoms with E-state index >= 15 is 0 Å². The summed E-state index contributed by atoms with van der Waals surface area (Å²) in [5.41, 5.74) is 2.01. The lowest BCUT2D eigenvalue weighted by Gasteiger charge is -2.30. The maximum Gasteiger partial charge on any atom is 0.256 e. The van der Waals surface area contributed by atoms with E-state index in [-0.39, 0.29) is 18.6 Å². The molecular weight excluding hydrogens is 314 g/mol. The quantitative estimate of drug-likeness (QED) is 0.752. The standard InChI is InChI=1S/C20H21N3O2/c1-2-17(14-24)23(13-16-9-3-4-11-21-16)20(25)18-10-5-7-15-8-6-12-22-19(15)18/h3-12,17,24H,2,13-14H2,1H3. The van der Waals surface area contributed by atoms with E-state index in [4.69, 9.17) is 0 Å². The smallest absolute Gasteiger partial charge is 0.256 e. The summed E-state index contributed by atoms with van der Waals surface area (Å²) < 4.78 is 0.